The number of thiophene rings is 1. The maximum Gasteiger partial charge on any atom is 0.345 e. The summed E-state index contributed by atoms with van der Waals surface area (Å²) >= 11 is 1.37. The Bertz CT molecular complexity index is 917. The van der Waals surface area contributed by atoms with Crippen molar-refractivity contribution in [3.63, 3.8) is 0 Å². The minimum Gasteiger partial charge on any atom is -0.477 e. The molecule has 2 aromatic rings. The third-order valence-electron chi connectivity index (χ3n) is 6.04. The second-order valence-corrected chi connectivity index (χ2v) is 9.38. The highest BCUT2D eigenvalue weighted by Gasteiger charge is 2.26. The quantitative estimate of drug-likeness (QED) is 0.388. The number of carboxylic acids is 1. The number of carboxylic acid groups (broad SMARTS) is 1. The van der Waals surface area contributed by atoms with Crippen molar-refractivity contribution in [1.29, 1.82) is 5.26 Å². The third kappa shape index (κ3) is 5.83. The number of benzene rings is 1. The Kier molecular flexibility index (Phi) is 8.28. The van der Waals surface area contributed by atoms with Gasteiger partial charge in [0.25, 0.3) is 0 Å². The average molecular weight is 422 g/mol. The van der Waals surface area contributed by atoms with Crippen molar-refractivity contribution in [2.75, 3.05) is 0 Å². The molecule has 0 bridgehead atoms. The molecule has 0 saturated heterocycles. The topological polar surface area (TPSA) is 61.1 Å². The van der Waals surface area contributed by atoms with Gasteiger partial charge in [-0.15, -0.1) is 11.3 Å². The molecule has 1 heterocycles. The lowest BCUT2D eigenvalue weighted by Crippen LogP contribution is -2.01. The van der Waals surface area contributed by atoms with Crippen molar-refractivity contribution in [1.82, 2.24) is 0 Å². The van der Waals surface area contributed by atoms with Gasteiger partial charge in [0.05, 0.1) is 6.07 Å². The number of aryl methyl sites for hydroxylation is 2. The summed E-state index contributed by atoms with van der Waals surface area (Å²) < 4.78 is 0. The summed E-state index contributed by atoms with van der Waals surface area (Å²) in [6.45, 7) is 2.24. The highest BCUT2D eigenvalue weighted by Crippen LogP contribution is 2.41. The number of allylic oxidation sites excluding steroid dienone is 2. The van der Waals surface area contributed by atoms with Crippen LogP contribution in [0.2, 0.25) is 0 Å². The highest BCUT2D eigenvalue weighted by atomic mass is 32.1. The van der Waals surface area contributed by atoms with Crippen LogP contribution in [0.4, 0.5) is 0 Å². The molecule has 0 aliphatic heterocycles. The van der Waals surface area contributed by atoms with Gasteiger partial charge in [0.2, 0.25) is 0 Å². The van der Waals surface area contributed by atoms with Crippen molar-refractivity contribution in [3.05, 3.63) is 62.9 Å². The Balaban J connectivity index is 1.60. The van der Waals surface area contributed by atoms with Crippen molar-refractivity contribution in [2.45, 2.75) is 71.1 Å². The summed E-state index contributed by atoms with van der Waals surface area (Å²) in [4.78, 5) is 12.6. The lowest BCUT2D eigenvalue weighted by Gasteiger charge is -2.16. The molecule has 4 heteroatoms. The van der Waals surface area contributed by atoms with Gasteiger partial charge in [-0.1, -0.05) is 50.5 Å². The van der Waals surface area contributed by atoms with Crippen LogP contribution in [0.25, 0.3) is 5.57 Å². The Morgan fingerprint density at radius 2 is 1.90 bits per heavy atom. The zero-order chi connectivity index (χ0) is 21.3. The maximum atomic E-state index is 11.1. The molecule has 1 aromatic heterocycles. The summed E-state index contributed by atoms with van der Waals surface area (Å²) in [7, 11) is 0. The largest absolute Gasteiger partial charge is 0.477 e. The molecule has 0 amide bonds. The fourth-order valence-electron chi connectivity index (χ4n) is 4.42. The predicted octanol–water partition coefficient (Wildman–Crippen LogP) is 7.28. The first kappa shape index (κ1) is 22.3. The van der Waals surface area contributed by atoms with Crippen LogP contribution >= 0.6 is 11.3 Å². The fourth-order valence-corrected chi connectivity index (χ4v) is 5.30. The maximum absolute atomic E-state index is 11.1. The number of hydrogen-bond acceptors (Lipinski definition) is 3. The molecule has 0 spiro atoms. The van der Waals surface area contributed by atoms with Gasteiger partial charge >= 0.3 is 5.97 Å². The zero-order valence-electron chi connectivity index (χ0n) is 17.8. The zero-order valence-corrected chi connectivity index (χ0v) is 18.6. The van der Waals surface area contributed by atoms with Crippen LogP contribution in [-0.4, -0.2) is 11.1 Å². The molecule has 1 aliphatic rings. The first-order valence-corrected chi connectivity index (χ1v) is 12.0. The molecule has 1 atom stereocenters. The number of rotatable bonds is 11. The summed E-state index contributed by atoms with van der Waals surface area (Å²) in [5, 5.41) is 18.7. The van der Waals surface area contributed by atoms with E-state index in [0.29, 0.717) is 10.8 Å². The van der Waals surface area contributed by atoms with E-state index in [4.69, 9.17) is 5.11 Å². The van der Waals surface area contributed by atoms with Gasteiger partial charge in [0.1, 0.15) is 4.88 Å². The molecule has 1 aliphatic carbocycles. The lowest BCUT2D eigenvalue weighted by molar-refractivity contribution is 0.0702. The Morgan fingerprint density at radius 1 is 1.10 bits per heavy atom. The Morgan fingerprint density at radius 3 is 2.57 bits per heavy atom. The van der Waals surface area contributed by atoms with Crippen LogP contribution in [0.15, 0.2) is 42.0 Å². The standard InChI is InChI=1S/C26H31NO2S/c1-2-3-4-5-7-19-10-12-21(13-11-19)25-20(14-15-22(25)18-27)8-6-9-23-16-17-24(30-23)26(28)29/h10-13,16-17,20H,2-9,14-15H2,1H3,(H,28,29). The number of unbranched alkanes of at least 4 members (excludes halogenated alkanes) is 3. The minimum atomic E-state index is -0.847. The third-order valence-corrected chi connectivity index (χ3v) is 7.18. The molecule has 0 radical (unpaired) electrons. The minimum absolute atomic E-state index is 0.410. The van der Waals surface area contributed by atoms with Crippen LogP contribution in [0.3, 0.4) is 0 Å². The first-order chi connectivity index (χ1) is 14.6. The van der Waals surface area contributed by atoms with E-state index < -0.39 is 5.97 Å². The van der Waals surface area contributed by atoms with Crippen molar-refractivity contribution in [2.24, 2.45) is 5.92 Å². The molecule has 158 valence electrons. The average Bonchev–Trinajstić information content (AvgIpc) is 3.39. The van der Waals surface area contributed by atoms with Gasteiger partial charge in [-0.25, -0.2) is 4.79 Å². The second-order valence-electron chi connectivity index (χ2n) is 8.21. The number of hydrogen-bond donors (Lipinski definition) is 1. The Labute approximate surface area is 184 Å². The van der Waals surface area contributed by atoms with Crippen molar-refractivity contribution in [3.8, 4) is 6.07 Å². The molecule has 1 unspecified atom stereocenters. The molecule has 3 rings (SSSR count). The Hall–Kier alpha value is -2.38. The van der Waals surface area contributed by atoms with E-state index in [1.807, 2.05) is 6.07 Å². The molecular formula is C26H31NO2S. The highest BCUT2D eigenvalue weighted by molar-refractivity contribution is 7.13. The molecule has 0 fully saturated rings. The molecule has 30 heavy (non-hydrogen) atoms. The van der Waals surface area contributed by atoms with E-state index >= 15 is 0 Å². The normalized spacial score (nSPS) is 16.1. The number of carbonyl (C=O) groups is 1. The predicted molar refractivity (Wildman–Crippen MR) is 124 cm³/mol. The van der Waals surface area contributed by atoms with Crippen molar-refractivity contribution < 1.29 is 9.90 Å². The van der Waals surface area contributed by atoms with Crippen LogP contribution in [0.1, 0.15) is 84.0 Å². The van der Waals surface area contributed by atoms with Gasteiger partial charge < -0.3 is 5.11 Å². The summed E-state index contributed by atoms with van der Waals surface area (Å²) in [6, 6.07) is 15.0. The van der Waals surface area contributed by atoms with E-state index in [0.717, 1.165) is 49.0 Å². The fraction of sp³-hybridized carbons (Fsp3) is 0.462. The van der Waals surface area contributed by atoms with Crippen molar-refractivity contribution >= 4 is 22.9 Å². The first-order valence-electron chi connectivity index (χ1n) is 11.2. The van der Waals surface area contributed by atoms with Crippen LogP contribution in [-0.2, 0) is 12.8 Å². The molecule has 3 nitrogen and oxygen atoms in total. The van der Waals surface area contributed by atoms with E-state index in [1.165, 1.54) is 53.7 Å². The van der Waals surface area contributed by atoms with E-state index in [-0.39, 0.29) is 0 Å². The molecule has 1 N–H and O–H groups in total. The monoisotopic (exact) mass is 421 g/mol. The smallest absolute Gasteiger partial charge is 0.345 e. The van der Waals surface area contributed by atoms with Crippen LogP contribution in [0, 0.1) is 17.2 Å². The van der Waals surface area contributed by atoms with Gasteiger partial charge in [0.15, 0.2) is 0 Å². The summed E-state index contributed by atoms with van der Waals surface area (Å²) in [6.07, 6.45) is 11.1. The van der Waals surface area contributed by atoms with E-state index in [2.05, 4.69) is 37.3 Å². The summed E-state index contributed by atoms with van der Waals surface area (Å²) in [5.41, 5.74) is 4.78. The molecule has 1 aromatic carbocycles. The number of nitriles is 1. The van der Waals surface area contributed by atoms with Gasteiger partial charge in [-0.05, 0) is 79.7 Å². The van der Waals surface area contributed by atoms with Crippen LogP contribution in [0.5, 0.6) is 0 Å². The van der Waals surface area contributed by atoms with E-state index in [9.17, 15) is 10.1 Å². The van der Waals surface area contributed by atoms with Gasteiger partial charge in [0, 0.05) is 10.5 Å². The van der Waals surface area contributed by atoms with Gasteiger partial charge in [-0.3, -0.25) is 0 Å². The molecule has 0 saturated carbocycles. The lowest BCUT2D eigenvalue weighted by atomic mass is 9.89. The number of aromatic carboxylic acids is 1. The van der Waals surface area contributed by atoms with Crippen LogP contribution < -0.4 is 0 Å². The summed E-state index contributed by atoms with van der Waals surface area (Å²) in [5.74, 6) is -0.423. The SMILES string of the molecule is CCCCCCc1ccc(C2=C(C#N)CCC2CCCc2ccc(C(=O)O)s2)cc1. The second kappa shape index (κ2) is 11.1. The molecular weight excluding hydrogens is 390 g/mol. The number of nitrogens with zero attached hydrogens (tertiary/aromatic N) is 1. The van der Waals surface area contributed by atoms with E-state index in [1.54, 1.807) is 6.07 Å². The van der Waals surface area contributed by atoms with Gasteiger partial charge in [-0.2, -0.15) is 5.26 Å².